The molecule has 1 amide bonds. The average Bonchev–Trinajstić information content (AvgIpc) is 2.79. The predicted octanol–water partition coefficient (Wildman–Crippen LogP) is 6.22. The Kier molecular flexibility index (Phi) is 5.58. The summed E-state index contributed by atoms with van der Waals surface area (Å²) in [5.74, 6) is 0.292. The number of ether oxygens (including phenoxy) is 2. The second-order valence-electron chi connectivity index (χ2n) is 7.25. The van der Waals surface area contributed by atoms with E-state index >= 15 is 0 Å². The Morgan fingerprint density at radius 1 is 0.871 bits per heavy atom. The van der Waals surface area contributed by atoms with Crippen molar-refractivity contribution in [3.8, 4) is 22.6 Å². The number of carbonyl (C=O) groups excluding carboxylic acids is 1. The minimum atomic E-state index is -0.484. The summed E-state index contributed by atoms with van der Waals surface area (Å²) in [7, 11) is 3.16. The molecule has 0 unspecified atom stereocenters. The van der Waals surface area contributed by atoms with Gasteiger partial charge in [-0.25, -0.2) is 4.39 Å². The third kappa shape index (κ3) is 4.08. The number of benzene rings is 4. The normalized spacial score (nSPS) is 10.7. The molecule has 31 heavy (non-hydrogen) atoms. The second-order valence-corrected chi connectivity index (χ2v) is 7.25. The molecule has 0 aliphatic carbocycles. The summed E-state index contributed by atoms with van der Waals surface area (Å²) in [4.78, 5) is 13.0. The van der Waals surface area contributed by atoms with E-state index in [9.17, 15) is 9.18 Å². The number of carbonyl (C=O) groups is 1. The van der Waals surface area contributed by atoms with Crippen molar-refractivity contribution >= 4 is 22.4 Å². The molecule has 0 aliphatic rings. The highest BCUT2D eigenvalue weighted by Gasteiger charge is 2.16. The van der Waals surface area contributed by atoms with Crippen LogP contribution in [-0.2, 0) is 0 Å². The van der Waals surface area contributed by atoms with Gasteiger partial charge in [-0.3, -0.25) is 4.79 Å². The van der Waals surface area contributed by atoms with Crippen LogP contribution in [0.1, 0.15) is 15.9 Å². The van der Waals surface area contributed by atoms with Gasteiger partial charge in [0, 0.05) is 5.56 Å². The molecular formula is C26H22FNO3. The predicted molar refractivity (Wildman–Crippen MR) is 122 cm³/mol. The van der Waals surface area contributed by atoms with Gasteiger partial charge in [-0.15, -0.1) is 0 Å². The molecule has 0 atom stereocenters. The molecule has 0 aliphatic heterocycles. The molecule has 4 aromatic rings. The van der Waals surface area contributed by atoms with Crippen molar-refractivity contribution in [2.24, 2.45) is 0 Å². The van der Waals surface area contributed by atoms with E-state index in [4.69, 9.17) is 9.47 Å². The fraction of sp³-hybridized carbons (Fsp3) is 0.115. The Labute approximate surface area is 180 Å². The van der Waals surface area contributed by atoms with E-state index < -0.39 is 11.7 Å². The molecule has 0 radical (unpaired) electrons. The van der Waals surface area contributed by atoms with Crippen molar-refractivity contribution in [3.05, 3.63) is 89.7 Å². The summed E-state index contributed by atoms with van der Waals surface area (Å²) in [6, 6.07) is 21.5. The first-order chi connectivity index (χ1) is 15.0. The molecule has 1 N–H and O–H groups in total. The number of fused-ring (bicyclic) bond motifs is 1. The number of para-hydroxylation sites is 1. The van der Waals surface area contributed by atoms with Gasteiger partial charge in [-0.1, -0.05) is 42.0 Å². The van der Waals surface area contributed by atoms with Crippen molar-refractivity contribution < 1.29 is 18.7 Å². The van der Waals surface area contributed by atoms with Gasteiger partial charge in [0.25, 0.3) is 5.91 Å². The van der Waals surface area contributed by atoms with E-state index in [1.807, 2.05) is 49.4 Å². The van der Waals surface area contributed by atoms with E-state index in [1.165, 1.54) is 12.1 Å². The molecule has 0 bridgehead atoms. The molecule has 156 valence electrons. The van der Waals surface area contributed by atoms with Crippen LogP contribution in [0.25, 0.3) is 21.9 Å². The first-order valence-corrected chi connectivity index (χ1v) is 9.83. The zero-order valence-corrected chi connectivity index (χ0v) is 17.5. The average molecular weight is 415 g/mol. The molecule has 0 saturated heterocycles. The number of nitrogens with one attached hydrogen (secondary N) is 1. The highest BCUT2D eigenvalue weighted by atomic mass is 19.1. The lowest BCUT2D eigenvalue weighted by molar-refractivity contribution is 0.102. The number of amides is 1. The van der Waals surface area contributed by atoms with Crippen LogP contribution in [-0.4, -0.2) is 20.1 Å². The number of hydrogen-bond acceptors (Lipinski definition) is 3. The monoisotopic (exact) mass is 415 g/mol. The molecule has 0 saturated carbocycles. The summed E-state index contributed by atoms with van der Waals surface area (Å²) in [6.45, 7) is 2.02. The highest BCUT2D eigenvalue weighted by molar-refractivity contribution is 6.10. The third-order valence-electron chi connectivity index (χ3n) is 5.20. The quantitative estimate of drug-likeness (QED) is 0.421. The Hall–Kier alpha value is -3.86. The molecule has 0 spiro atoms. The summed E-state index contributed by atoms with van der Waals surface area (Å²) in [6.07, 6.45) is 0. The summed E-state index contributed by atoms with van der Waals surface area (Å²) < 4.78 is 25.0. The maximum atomic E-state index is 14.0. The molecule has 4 nitrogen and oxygen atoms in total. The number of anilines is 1. The van der Waals surface area contributed by atoms with Crippen LogP contribution < -0.4 is 14.8 Å². The molecule has 0 aromatic heterocycles. The van der Waals surface area contributed by atoms with Gasteiger partial charge >= 0.3 is 0 Å². The number of rotatable bonds is 5. The topological polar surface area (TPSA) is 47.6 Å². The molecule has 5 heteroatoms. The van der Waals surface area contributed by atoms with Crippen LogP contribution in [0.4, 0.5) is 10.1 Å². The first kappa shape index (κ1) is 20.4. The SMILES string of the molecule is COc1cc2cc(C(=O)Nc3ccccc3F)cc(-c3ccc(C)cc3)c2cc1OC. The zero-order chi connectivity index (χ0) is 22.0. The highest BCUT2D eigenvalue weighted by Crippen LogP contribution is 2.38. The molecule has 4 aromatic carbocycles. The maximum Gasteiger partial charge on any atom is 0.255 e. The molecule has 4 rings (SSSR count). The number of methoxy groups -OCH3 is 2. The van der Waals surface area contributed by atoms with Crippen LogP contribution >= 0.6 is 0 Å². The Morgan fingerprint density at radius 2 is 1.55 bits per heavy atom. The van der Waals surface area contributed by atoms with Crippen LogP contribution in [0, 0.1) is 12.7 Å². The lowest BCUT2D eigenvalue weighted by Gasteiger charge is -2.15. The Balaban J connectivity index is 1.89. The first-order valence-electron chi connectivity index (χ1n) is 9.83. The van der Waals surface area contributed by atoms with Crippen LogP contribution in [0.3, 0.4) is 0 Å². The number of hydrogen-bond donors (Lipinski definition) is 1. The van der Waals surface area contributed by atoms with Crippen LogP contribution in [0.5, 0.6) is 11.5 Å². The van der Waals surface area contributed by atoms with E-state index in [1.54, 1.807) is 32.4 Å². The Bertz CT molecular complexity index is 1270. The molecule has 0 fully saturated rings. The summed E-state index contributed by atoms with van der Waals surface area (Å²) in [5, 5.41) is 4.39. The lowest BCUT2D eigenvalue weighted by atomic mass is 9.94. The lowest BCUT2D eigenvalue weighted by Crippen LogP contribution is -2.13. The van der Waals surface area contributed by atoms with Crippen molar-refractivity contribution in [1.29, 1.82) is 0 Å². The van der Waals surface area contributed by atoms with Crippen molar-refractivity contribution in [2.45, 2.75) is 6.92 Å². The fourth-order valence-electron chi connectivity index (χ4n) is 3.55. The molecular weight excluding hydrogens is 393 g/mol. The fourth-order valence-corrected chi connectivity index (χ4v) is 3.55. The van der Waals surface area contributed by atoms with Gasteiger partial charge in [0.1, 0.15) is 5.82 Å². The smallest absolute Gasteiger partial charge is 0.255 e. The van der Waals surface area contributed by atoms with E-state index in [0.29, 0.717) is 17.1 Å². The third-order valence-corrected chi connectivity index (χ3v) is 5.20. The van der Waals surface area contributed by atoms with E-state index in [0.717, 1.165) is 27.5 Å². The van der Waals surface area contributed by atoms with Gasteiger partial charge in [0.15, 0.2) is 11.5 Å². The Morgan fingerprint density at radius 3 is 2.23 bits per heavy atom. The van der Waals surface area contributed by atoms with Crippen LogP contribution in [0.15, 0.2) is 72.8 Å². The maximum absolute atomic E-state index is 14.0. The van der Waals surface area contributed by atoms with E-state index in [2.05, 4.69) is 5.32 Å². The second kappa shape index (κ2) is 8.48. The van der Waals surface area contributed by atoms with Gasteiger partial charge in [0.05, 0.1) is 19.9 Å². The minimum absolute atomic E-state index is 0.136. The number of halogens is 1. The summed E-state index contributed by atoms with van der Waals surface area (Å²) in [5.41, 5.74) is 3.52. The summed E-state index contributed by atoms with van der Waals surface area (Å²) >= 11 is 0. The van der Waals surface area contributed by atoms with Gasteiger partial charge < -0.3 is 14.8 Å². The number of aryl methyl sites for hydroxylation is 1. The molecule has 0 heterocycles. The van der Waals surface area contributed by atoms with Crippen molar-refractivity contribution in [2.75, 3.05) is 19.5 Å². The largest absolute Gasteiger partial charge is 0.493 e. The van der Waals surface area contributed by atoms with Crippen LogP contribution in [0.2, 0.25) is 0 Å². The minimum Gasteiger partial charge on any atom is -0.493 e. The van der Waals surface area contributed by atoms with Gasteiger partial charge in [-0.2, -0.15) is 0 Å². The zero-order valence-electron chi connectivity index (χ0n) is 17.5. The van der Waals surface area contributed by atoms with Crippen molar-refractivity contribution in [3.63, 3.8) is 0 Å². The standard InChI is InChI=1S/C26H22FNO3/c1-16-8-10-17(11-9-16)20-13-19(26(29)28-23-7-5-4-6-22(23)27)12-18-14-24(30-2)25(31-3)15-21(18)20/h4-15H,1-3H3,(H,28,29). The van der Waals surface area contributed by atoms with Crippen molar-refractivity contribution in [1.82, 2.24) is 0 Å². The van der Waals surface area contributed by atoms with E-state index in [-0.39, 0.29) is 5.69 Å². The van der Waals surface area contributed by atoms with Gasteiger partial charge in [0.2, 0.25) is 0 Å². The van der Waals surface area contributed by atoms with Gasteiger partial charge in [-0.05, 0) is 65.2 Å².